The first-order valence-corrected chi connectivity index (χ1v) is 7.15. The van der Waals surface area contributed by atoms with E-state index in [4.69, 9.17) is 4.74 Å². The van der Waals surface area contributed by atoms with Gasteiger partial charge in [0.1, 0.15) is 17.7 Å². The van der Waals surface area contributed by atoms with Crippen LogP contribution in [0, 0.1) is 0 Å². The molecule has 4 nitrogen and oxygen atoms in total. The van der Waals surface area contributed by atoms with Crippen LogP contribution < -0.4 is 4.74 Å². The summed E-state index contributed by atoms with van der Waals surface area (Å²) in [4.78, 5) is 7.55. The summed E-state index contributed by atoms with van der Waals surface area (Å²) in [6, 6.07) is 12.4. The number of aromatic amines is 1. The second kappa shape index (κ2) is 4.60. The Morgan fingerprint density at radius 2 is 2.19 bits per heavy atom. The fourth-order valence-electron chi connectivity index (χ4n) is 2.84. The maximum absolute atomic E-state index is 9.62. The number of imidazole rings is 1. The molecular formula is C17H16N2O2. The number of aromatic nitrogens is 2. The molecule has 1 aliphatic rings. The zero-order valence-corrected chi connectivity index (χ0v) is 11.8. The van der Waals surface area contributed by atoms with Gasteiger partial charge in [0, 0.05) is 12.0 Å². The Hall–Kier alpha value is -2.33. The van der Waals surface area contributed by atoms with Gasteiger partial charge in [0.2, 0.25) is 0 Å². The molecule has 1 unspecified atom stereocenters. The molecule has 2 aromatic carbocycles. The normalized spacial score (nSPS) is 15.0. The summed E-state index contributed by atoms with van der Waals surface area (Å²) in [6.07, 6.45) is 0.381. The molecule has 2 heterocycles. The highest BCUT2D eigenvalue weighted by Gasteiger charge is 2.17. The lowest BCUT2D eigenvalue weighted by molar-refractivity contribution is 0.190. The molecule has 2 N–H and O–H groups in total. The molecule has 21 heavy (non-hydrogen) atoms. The zero-order chi connectivity index (χ0) is 14.4. The molecule has 3 aromatic rings. The number of nitrogens with one attached hydrogen (secondary N) is 1. The first-order valence-electron chi connectivity index (χ1n) is 7.15. The van der Waals surface area contributed by atoms with E-state index >= 15 is 0 Å². The van der Waals surface area contributed by atoms with Crippen LogP contribution in [-0.4, -0.2) is 21.7 Å². The predicted molar refractivity (Wildman–Crippen MR) is 81.4 cm³/mol. The van der Waals surface area contributed by atoms with Crippen molar-refractivity contribution in [3.8, 4) is 16.9 Å². The van der Waals surface area contributed by atoms with Gasteiger partial charge < -0.3 is 14.8 Å². The van der Waals surface area contributed by atoms with Crippen LogP contribution >= 0.6 is 0 Å². The Bertz CT molecular complexity index is 821. The van der Waals surface area contributed by atoms with Crippen LogP contribution in [0.5, 0.6) is 5.75 Å². The van der Waals surface area contributed by atoms with Gasteiger partial charge in [-0.2, -0.15) is 0 Å². The summed E-state index contributed by atoms with van der Waals surface area (Å²) < 4.78 is 5.77. The number of benzene rings is 2. The SMILES string of the molecule is CC(O)c1nc2ccc(-c3cccc4c3OCC4)cc2[nH]1. The van der Waals surface area contributed by atoms with Crippen molar-refractivity contribution in [3.63, 3.8) is 0 Å². The van der Waals surface area contributed by atoms with Gasteiger partial charge in [-0.3, -0.25) is 0 Å². The number of para-hydroxylation sites is 1. The van der Waals surface area contributed by atoms with Crippen molar-refractivity contribution in [2.24, 2.45) is 0 Å². The van der Waals surface area contributed by atoms with Gasteiger partial charge in [0.15, 0.2) is 0 Å². The van der Waals surface area contributed by atoms with Crippen molar-refractivity contribution in [2.75, 3.05) is 6.61 Å². The Balaban J connectivity index is 1.86. The van der Waals surface area contributed by atoms with Crippen LogP contribution in [0.2, 0.25) is 0 Å². The van der Waals surface area contributed by atoms with E-state index in [0.29, 0.717) is 5.82 Å². The highest BCUT2D eigenvalue weighted by molar-refractivity contribution is 5.84. The van der Waals surface area contributed by atoms with E-state index < -0.39 is 6.10 Å². The minimum atomic E-state index is -0.592. The van der Waals surface area contributed by atoms with Crippen LogP contribution in [0.3, 0.4) is 0 Å². The molecule has 0 radical (unpaired) electrons. The van der Waals surface area contributed by atoms with E-state index in [9.17, 15) is 5.11 Å². The average Bonchev–Trinajstić information content (AvgIpc) is 3.12. The molecule has 4 heteroatoms. The number of H-pyrrole nitrogens is 1. The lowest BCUT2D eigenvalue weighted by Gasteiger charge is -2.08. The smallest absolute Gasteiger partial charge is 0.135 e. The first-order chi connectivity index (χ1) is 10.2. The summed E-state index contributed by atoms with van der Waals surface area (Å²) in [6.45, 7) is 2.46. The number of hydrogen-bond donors (Lipinski definition) is 2. The number of aliphatic hydroxyl groups is 1. The monoisotopic (exact) mass is 280 g/mol. The number of nitrogens with zero attached hydrogens (tertiary/aromatic N) is 1. The van der Waals surface area contributed by atoms with Crippen LogP contribution in [0.25, 0.3) is 22.2 Å². The van der Waals surface area contributed by atoms with E-state index in [0.717, 1.165) is 40.9 Å². The number of rotatable bonds is 2. The fourth-order valence-corrected chi connectivity index (χ4v) is 2.84. The molecule has 0 amide bonds. The van der Waals surface area contributed by atoms with Crippen molar-refractivity contribution < 1.29 is 9.84 Å². The second-order valence-electron chi connectivity index (χ2n) is 5.42. The third-order valence-corrected chi connectivity index (χ3v) is 3.92. The summed E-state index contributed by atoms with van der Waals surface area (Å²) in [5, 5.41) is 9.62. The van der Waals surface area contributed by atoms with Crippen LogP contribution in [-0.2, 0) is 6.42 Å². The molecule has 1 aromatic heterocycles. The molecule has 0 fully saturated rings. The molecule has 1 atom stereocenters. The minimum Gasteiger partial charge on any atom is -0.492 e. The van der Waals surface area contributed by atoms with E-state index in [-0.39, 0.29) is 0 Å². The summed E-state index contributed by atoms with van der Waals surface area (Å²) in [5.41, 5.74) is 5.27. The Morgan fingerprint density at radius 1 is 1.29 bits per heavy atom. The van der Waals surface area contributed by atoms with Gasteiger partial charge in [0.25, 0.3) is 0 Å². The molecular weight excluding hydrogens is 264 g/mol. The molecule has 0 bridgehead atoms. The maximum Gasteiger partial charge on any atom is 0.135 e. The second-order valence-corrected chi connectivity index (χ2v) is 5.42. The number of fused-ring (bicyclic) bond motifs is 2. The highest BCUT2D eigenvalue weighted by Crippen LogP contribution is 2.37. The van der Waals surface area contributed by atoms with E-state index in [1.165, 1.54) is 5.56 Å². The summed E-state index contributed by atoms with van der Waals surface area (Å²) >= 11 is 0. The van der Waals surface area contributed by atoms with Crippen molar-refractivity contribution in [2.45, 2.75) is 19.4 Å². The van der Waals surface area contributed by atoms with Crippen LogP contribution in [0.15, 0.2) is 36.4 Å². The van der Waals surface area contributed by atoms with Gasteiger partial charge in [-0.05, 0) is 30.2 Å². The maximum atomic E-state index is 9.62. The van der Waals surface area contributed by atoms with E-state index in [1.54, 1.807) is 6.92 Å². The molecule has 0 saturated heterocycles. The highest BCUT2D eigenvalue weighted by atomic mass is 16.5. The van der Waals surface area contributed by atoms with Crippen molar-refractivity contribution >= 4 is 11.0 Å². The number of hydrogen-bond acceptors (Lipinski definition) is 3. The summed E-state index contributed by atoms with van der Waals surface area (Å²) in [5.74, 6) is 1.59. The molecule has 0 saturated carbocycles. The molecule has 1 aliphatic heterocycles. The van der Waals surface area contributed by atoms with Gasteiger partial charge in [-0.25, -0.2) is 4.98 Å². The molecule has 0 spiro atoms. The minimum absolute atomic E-state index is 0.592. The molecule has 106 valence electrons. The topological polar surface area (TPSA) is 58.1 Å². The summed E-state index contributed by atoms with van der Waals surface area (Å²) in [7, 11) is 0. The average molecular weight is 280 g/mol. The largest absolute Gasteiger partial charge is 0.492 e. The standard InChI is InChI=1S/C17H16N2O2/c1-10(20)17-18-14-6-5-12(9-15(14)19-17)13-4-2-3-11-7-8-21-16(11)13/h2-6,9-10,20H,7-8H2,1H3,(H,18,19). The fraction of sp³-hybridized carbons (Fsp3) is 0.235. The van der Waals surface area contributed by atoms with Crippen molar-refractivity contribution in [3.05, 3.63) is 47.8 Å². The third kappa shape index (κ3) is 1.99. The molecule has 0 aliphatic carbocycles. The van der Waals surface area contributed by atoms with Gasteiger partial charge in [0.05, 0.1) is 17.6 Å². The van der Waals surface area contributed by atoms with Gasteiger partial charge >= 0.3 is 0 Å². The van der Waals surface area contributed by atoms with E-state index in [2.05, 4.69) is 34.2 Å². The van der Waals surface area contributed by atoms with Crippen LogP contribution in [0.4, 0.5) is 0 Å². The Labute approximate surface area is 122 Å². The zero-order valence-electron chi connectivity index (χ0n) is 11.8. The Kier molecular flexibility index (Phi) is 2.72. The number of ether oxygens (including phenoxy) is 1. The third-order valence-electron chi connectivity index (χ3n) is 3.92. The quantitative estimate of drug-likeness (QED) is 0.757. The predicted octanol–water partition coefficient (Wildman–Crippen LogP) is 3.22. The van der Waals surface area contributed by atoms with Gasteiger partial charge in [-0.1, -0.05) is 24.3 Å². The van der Waals surface area contributed by atoms with Crippen molar-refractivity contribution in [1.29, 1.82) is 0 Å². The van der Waals surface area contributed by atoms with Crippen molar-refractivity contribution in [1.82, 2.24) is 9.97 Å². The van der Waals surface area contributed by atoms with E-state index in [1.807, 2.05) is 12.1 Å². The lowest BCUT2D eigenvalue weighted by Crippen LogP contribution is -1.92. The van der Waals surface area contributed by atoms with Crippen LogP contribution in [0.1, 0.15) is 24.4 Å². The molecule has 4 rings (SSSR count). The lowest BCUT2D eigenvalue weighted by atomic mass is 10.0. The first kappa shape index (κ1) is 12.4. The number of aliphatic hydroxyl groups excluding tert-OH is 1. The Morgan fingerprint density at radius 3 is 3.05 bits per heavy atom. The van der Waals surface area contributed by atoms with Gasteiger partial charge in [-0.15, -0.1) is 0 Å².